The van der Waals surface area contributed by atoms with Crippen molar-refractivity contribution in [1.29, 1.82) is 0 Å². The van der Waals surface area contributed by atoms with Crippen LogP contribution < -0.4 is 5.56 Å². The van der Waals surface area contributed by atoms with Gasteiger partial charge in [-0.05, 0) is 72.2 Å². The molecule has 0 radical (unpaired) electrons. The molecule has 0 amide bonds. The van der Waals surface area contributed by atoms with Crippen molar-refractivity contribution in [2.24, 2.45) is 0 Å². The molecule has 4 aromatic rings. The summed E-state index contributed by atoms with van der Waals surface area (Å²) in [6.07, 6.45) is 5.58. The molecule has 1 saturated carbocycles. The molecule has 1 aliphatic rings. The fraction of sp³-hybridized carbons (Fsp3) is 0.227. The first kappa shape index (κ1) is 16.7. The first-order chi connectivity index (χ1) is 13.6. The van der Waals surface area contributed by atoms with E-state index in [-0.39, 0.29) is 11.1 Å². The molecule has 1 fully saturated rings. The monoisotopic (exact) mass is 373 g/mol. The topological polar surface area (TPSA) is 76.5 Å². The number of carbonyl (C=O) groups excluding carboxylic acids is 1. The van der Waals surface area contributed by atoms with E-state index >= 15 is 0 Å². The molecule has 1 aliphatic carbocycles. The third-order valence-corrected chi connectivity index (χ3v) is 5.57. The lowest BCUT2D eigenvalue weighted by atomic mass is 9.96. The Kier molecular flexibility index (Phi) is 3.62. The van der Waals surface area contributed by atoms with Crippen molar-refractivity contribution in [3.8, 4) is 11.1 Å². The maximum atomic E-state index is 12.9. The van der Waals surface area contributed by atoms with E-state index in [2.05, 4.69) is 16.0 Å². The van der Waals surface area contributed by atoms with Crippen LogP contribution in [0.3, 0.4) is 0 Å². The predicted molar refractivity (Wildman–Crippen MR) is 107 cm³/mol. The van der Waals surface area contributed by atoms with E-state index in [4.69, 9.17) is 4.74 Å². The number of H-pyrrole nitrogens is 1. The first-order valence-corrected chi connectivity index (χ1v) is 9.29. The largest absolute Gasteiger partial charge is 0.465 e. The summed E-state index contributed by atoms with van der Waals surface area (Å²) in [6.45, 7) is 2.03. The molecule has 1 N–H and O–H groups in total. The van der Waals surface area contributed by atoms with Crippen LogP contribution >= 0.6 is 0 Å². The molecule has 140 valence electrons. The maximum Gasteiger partial charge on any atom is 0.343 e. The SMILES string of the molecule is COC(=O)c1cc(C2CC2)c2c(C)c(-c3ccc4nc[nH]c4c3)ccn2c1=O. The van der Waals surface area contributed by atoms with Crippen LogP contribution in [-0.2, 0) is 4.74 Å². The van der Waals surface area contributed by atoms with Gasteiger partial charge in [-0.1, -0.05) is 6.07 Å². The summed E-state index contributed by atoms with van der Waals surface area (Å²) in [6, 6.07) is 9.76. The highest BCUT2D eigenvalue weighted by molar-refractivity contribution is 5.91. The zero-order chi connectivity index (χ0) is 19.4. The number of fused-ring (bicyclic) bond motifs is 2. The molecule has 5 rings (SSSR count). The smallest absolute Gasteiger partial charge is 0.343 e. The molecule has 3 aromatic heterocycles. The Morgan fingerprint density at radius 3 is 2.82 bits per heavy atom. The summed E-state index contributed by atoms with van der Waals surface area (Å²) < 4.78 is 6.41. The summed E-state index contributed by atoms with van der Waals surface area (Å²) in [5.74, 6) is -0.212. The molecule has 1 aromatic carbocycles. The molecule has 3 heterocycles. The number of methoxy groups -OCH3 is 1. The molecule has 0 atom stereocenters. The molecule has 6 nitrogen and oxygen atoms in total. The van der Waals surface area contributed by atoms with Gasteiger partial charge in [-0.3, -0.25) is 9.20 Å². The van der Waals surface area contributed by atoms with E-state index in [9.17, 15) is 9.59 Å². The third kappa shape index (κ3) is 2.45. The minimum Gasteiger partial charge on any atom is -0.465 e. The van der Waals surface area contributed by atoms with Crippen LogP contribution in [0.5, 0.6) is 0 Å². The van der Waals surface area contributed by atoms with Gasteiger partial charge in [0, 0.05) is 6.20 Å². The van der Waals surface area contributed by atoms with Gasteiger partial charge in [-0.25, -0.2) is 9.78 Å². The number of rotatable bonds is 3. The number of nitrogens with one attached hydrogen (secondary N) is 1. The average molecular weight is 373 g/mol. The van der Waals surface area contributed by atoms with Crippen molar-refractivity contribution in [3.05, 3.63) is 69.9 Å². The number of ether oxygens (including phenoxy) is 1. The number of pyridine rings is 2. The number of esters is 1. The van der Waals surface area contributed by atoms with Gasteiger partial charge in [0.1, 0.15) is 5.56 Å². The quantitative estimate of drug-likeness (QED) is 0.554. The van der Waals surface area contributed by atoms with Crippen molar-refractivity contribution < 1.29 is 9.53 Å². The fourth-order valence-corrected chi connectivity index (χ4v) is 3.97. The molecule has 0 aliphatic heterocycles. The standard InChI is InChI=1S/C22H19N3O3/c1-12-15(14-5-6-18-19(9-14)24-11-23-18)7-8-25-20(12)16(13-3-4-13)10-17(21(25)26)22(27)28-2/h5-11,13H,3-4H2,1-2H3,(H,23,24). The lowest BCUT2D eigenvalue weighted by Crippen LogP contribution is -2.24. The molecule has 0 saturated heterocycles. The second-order valence-electron chi connectivity index (χ2n) is 7.29. The number of benzene rings is 1. The van der Waals surface area contributed by atoms with E-state index in [1.165, 1.54) is 7.11 Å². The van der Waals surface area contributed by atoms with Crippen molar-refractivity contribution >= 4 is 22.5 Å². The summed E-state index contributed by atoms with van der Waals surface area (Å²) >= 11 is 0. The Labute approximate surface area is 160 Å². The van der Waals surface area contributed by atoms with Gasteiger partial charge in [0.2, 0.25) is 0 Å². The van der Waals surface area contributed by atoms with E-state index in [1.54, 1.807) is 23.0 Å². The van der Waals surface area contributed by atoms with E-state index in [0.29, 0.717) is 5.92 Å². The highest BCUT2D eigenvalue weighted by atomic mass is 16.5. The number of hydrogen-bond donors (Lipinski definition) is 1. The number of aromatic amines is 1. The number of aromatic nitrogens is 3. The number of carbonyl (C=O) groups is 1. The zero-order valence-electron chi connectivity index (χ0n) is 15.7. The second kappa shape index (κ2) is 6.05. The van der Waals surface area contributed by atoms with Crippen LogP contribution in [0, 0.1) is 6.92 Å². The number of nitrogens with zero attached hydrogens (tertiary/aromatic N) is 2. The first-order valence-electron chi connectivity index (χ1n) is 9.29. The van der Waals surface area contributed by atoms with E-state index in [1.807, 2.05) is 25.1 Å². The van der Waals surface area contributed by atoms with Gasteiger partial charge in [0.15, 0.2) is 0 Å². The minimum atomic E-state index is -0.590. The summed E-state index contributed by atoms with van der Waals surface area (Å²) in [7, 11) is 1.30. The molecule has 28 heavy (non-hydrogen) atoms. The molecule has 0 spiro atoms. The second-order valence-corrected chi connectivity index (χ2v) is 7.29. The van der Waals surface area contributed by atoms with Crippen LogP contribution in [0.1, 0.15) is 40.2 Å². The van der Waals surface area contributed by atoms with Crippen LogP contribution in [0.2, 0.25) is 0 Å². The molecule has 0 unspecified atom stereocenters. The van der Waals surface area contributed by atoms with Crippen molar-refractivity contribution in [2.75, 3.05) is 7.11 Å². The van der Waals surface area contributed by atoms with E-state index in [0.717, 1.165) is 51.6 Å². The number of hydrogen-bond acceptors (Lipinski definition) is 4. The lowest BCUT2D eigenvalue weighted by Gasteiger charge is -2.15. The van der Waals surface area contributed by atoms with Gasteiger partial charge >= 0.3 is 5.97 Å². The van der Waals surface area contributed by atoms with E-state index < -0.39 is 5.97 Å². The van der Waals surface area contributed by atoms with Crippen LogP contribution in [0.4, 0.5) is 0 Å². The molecular weight excluding hydrogens is 354 g/mol. The Bertz CT molecular complexity index is 1310. The van der Waals surface area contributed by atoms with Crippen molar-refractivity contribution in [2.45, 2.75) is 25.7 Å². The van der Waals surface area contributed by atoms with Gasteiger partial charge in [0.05, 0.1) is 30.0 Å². The van der Waals surface area contributed by atoms with Gasteiger partial charge in [0.25, 0.3) is 5.56 Å². The summed E-state index contributed by atoms with van der Waals surface area (Å²) in [5, 5.41) is 0. The average Bonchev–Trinajstić information content (AvgIpc) is 3.44. The van der Waals surface area contributed by atoms with Gasteiger partial charge in [-0.2, -0.15) is 0 Å². The molecular formula is C22H19N3O3. The zero-order valence-corrected chi connectivity index (χ0v) is 15.7. The maximum absolute atomic E-state index is 12.9. The van der Waals surface area contributed by atoms with Gasteiger partial charge < -0.3 is 9.72 Å². The highest BCUT2D eigenvalue weighted by Crippen LogP contribution is 2.43. The van der Waals surface area contributed by atoms with Crippen LogP contribution in [0.15, 0.2) is 47.7 Å². The Balaban J connectivity index is 1.80. The Morgan fingerprint density at radius 1 is 1.25 bits per heavy atom. The van der Waals surface area contributed by atoms with Crippen LogP contribution in [0.25, 0.3) is 27.7 Å². The van der Waals surface area contributed by atoms with Crippen molar-refractivity contribution in [1.82, 2.24) is 14.4 Å². The summed E-state index contributed by atoms with van der Waals surface area (Å²) in [4.78, 5) is 32.4. The Hall–Kier alpha value is -3.41. The minimum absolute atomic E-state index is 0.0907. The fourth-order valence-electron chi connectivity index (χ4n) is 3.97. The lowest BCUT2D eigenvalue weighted by molar-refractivity contribution is 0.0598. The van der Waals surface area contributed by atoms with Crippen molar-refractivity contribution in [3.63, 3.8) is 0 Å². The van der Waals surface area contributed by atoms with Crippen LogP contribution in [-0.4, -0.2) is 27.4 Å². The number of aryl methyl sites for hydroxylation is 1. The highest BCUT2D eigenvalue weighted by Gasteiger charge is 2.29. The molecule has 0 bridgehead atoms. The normalized spacial score (nSPS) is 13.9. The Morgan fingerprint density at radius 2 is 2.07 bits per heavy atom. The number of imidazole rings is 1. The molecule has 6 heteroatoms. The third-order valence-electron chi connectivity index (χ3n) is 5.57. The summed E-state index contributed by atoms with van der Waals surface area (Å²) in [5.41, 5.74) is 6.71. The predicted octanol–water partition coefficient (Wildman–Crippen LogP) is 3.82. The van der Waals surface area contributed by atoms with Gasteiger partial charge in [-0.15, -0.1) is 0 Å².